The van der Waals surface area contributed by atoms with Crippen LogP contribution in [0.1, 0.15) is 34.0 Å². The van der Waals surface area contributed by atoms with Crippen molar-refractivity contribution >= 4 is 5.91 Å². The molecule has 1 N–H and O–H groups in total. The number of hydrogen-bond donors (Lipinski definition) is 1. The minimum atomic E-state index is 0.0931. The number of nitrogens with one attached hydrogen (secondary N) is 1. The standard InChI is InChI=1S/C11H13NO/c1-3-9-7(2)4-5-8-6-12-11(13)10(8)9/h4-5H,3,6H2,1-2H3,(H,12,13). The van der Waals surface area contributed by atoms with Crippen molar-refractivity contribution in [2.45, 2.75) is 26.8 Å². The predicted molar refractivity (Wildman–Crippen MR) is 51.7 cm³/mol. The van der Waals surface area contributed by atoms with Gasteiger partial charge >= 0.3 is 0 Å². The number of amides is 1. The minimum absolute atomic E-state index is 0.0931. The second-order valence-corrected chi connectivity index (χ2v) is 3.43. The van der Waals surface area contributed by atoms with Crippen molar-refractivity contribution in [1.82, 2.24) is 5.32 Å². The molecule has 0 aromatic heterocycles. The summed E-state index contributed by atoms with van der Waals surface area (Å²) in [4.78, 5) is 11.5. The van der Waals surface area contributed by atoms with E-state index in [0.717, 1.165) is 17.5 Å². The third-order valence-electron chi connectivity index (χ3n) is 2.65. The van der Waals surface area contributed by atoms with Crippen LogP contribution in [0.15, 0.2) is 12.1 Å². The molecule has 0 aliphatic carbocycles. The molecule has 1 aromatic rings. The van der Waals surface area contributed by atoms with Crippen LogP contribution in [0, 0.1) is 6.92 Å². The molecule has 0 radical (unpaired) electrons. The average molecular weight is 175 g/mol. The van der Waals surface area contributed by atoms with Gasteiger partial charge in [0.1, 0.15) is 0 Å². The maximum atomic E-state index is 11.5. The quantitative estimate of drug-likeness (QED) is 0.692. The molecule has 0 saturated heterocycles. The fourth-order valence-corrected chi connectivity index (χ4v) is 1.95. The highest BCUT2D eigenvalue weighted by atomic mass is 16.1. The number of fused-ring (bicyclic) bond motifs is 1. The monoisotopic (exact) mass is 175 g/mol. The Hall–Kier alpha value is -1.31. The molecule has 0 fully saturated rings. The number of carbonyl (C=O) groups is 1. The maximum absolute atomic E-state index is 11.5. The highest BCUT2D eigenvalue weighted by molar-refractivity contribution is 6.00. The first-order valence-corrected chi connectivity index (χ1v) is 4.63. The fraction of sp³-hybridized carbons (Fsp3) is 0.364. The van der Waals surface area contributed by atoms with Gasteiger partial charge in [-0.1, -0.05) is 19.1 Å². The molecule has 0 saturated carbocycles. The SMILES string of the molecule is CCc1c(C)ccc2c1C(=O)NC2. The molecule has 13 heavy (non-hydrogen) atoms. The average Bonchev–Trinajstić information content (AvgIpc) is 2.49. The van der Waals surface area contributed by atoms with Crippen LogP contribution in [-0.2, 0) is 13.0 Å². The summed E-state index contributed by atoms with van der Waals surface area (Å²) in [6, 6.07) is 4.14. The molecule has 0 bridgehead atoms. The third-order valence-corrected chi connectivity index (χ3v) is 2.65. The van der Waals surface area contributed by atoms with E-state index in [4.69, 9.17) is 0 Å². The van der Waals surface area contributed by atoms with Gasteiger partial charge in [0.15, 0.2) is 0 Å². The number of hydrogen-bond acceptors (Lipinski definition) is 1. The van der Waals surface area contributed by atoms with E-state index in [1.807, 2.05) is 6.07 Å². The van der Waals surface area contributed by atoms with Gasteiger partial charge in [0.2, 0.25) is 0 Å². The second-order valence-electron chi connectivity index (χ2n) is 3.43. The Morgan fingerprint density at radius 3 is 2.92 bits per heavy atom. The third kappa shape index (κ3) is 1.13. The van der Waals surface area contributed by atoms with Gasteiger partial charge in [-0.2, -0.15) is 0 Å². The van der Waals surface area contributed by atoms with Crippen LogP contribution in [-0.4, -0.2) is 5.91 Å². The van der Waals surface area contributed by atoms with E-state index in [9.17, 15) is 4.79 Å². The van der Waals surface area contributed by atoms with Gasteiger partial charge in [-0.25, -0.2) is 0 Å². The Bertz CT molecular complexity index is 369. The Labute approximate surface area is 78.0 Å². The van der Waals surface area contributed by atoms with Gasteiger partial charge in [-0.3, -0.25) is 4.79 Å². The number of carbonyl (C=O) groups excluding carboxylic acids is 1. The molecule has 1 amide bonds. The summed E-state index contributed by atoms with van der Waals surface area (Å²) in [5.74, 6) is 0.0931. The fourth-order valence-electron chi connectivity index (χ4n) is 1.95. The van der Waals surface area contributed by atoms with Gasteiger partial charge in [-0.05, 0) is 30.0 Å². The summed E-state index contributed by atoms with van der Waals surface area (Å²) >= 11 is 0. The van der Waals surface area contributed by atoms with Crippen molar-refractivity contribution in [3.63, 3.8) is 0 Å². The van der Waals surface area contributed by atoms with Crippen molar-refractivity contribution in [2.75, 3.05) is 0 Å². The zero-order valence-corrected chi connectivity index (χ0v) is 7.98. The second kappa shape index (κ2) is 2.87. The zero-order chi connectivity index (χ0) is 9.42. The van der Waals surface area contributed by atoms with Gasteiger partial charge in [0.25, 0.3) is 5.91 Å². The highest BCUT2D eigenvalue weighted by Gasteiger charge is 2.22. The van der Waals surface area contributed by atoms with E-state index in [1.165, 1.54) is 11.1 Å². The van der Waals surface area contributed by atoms with E-state index < -0.39 is 0 Å². The summed E-state index contributed by atoms with van der Waals surface area (Å²) in [6.45, 7) is 4.85. The summed E-state index contributed by atoms with van der Waals surface area (Å²) < 4.78 is 0. The van der Waals surface area contributed by atoms with Crippen molar-refractivity contribution in [2.24, 2.45) is 0 Å². The molecule has 1 aliphatic heterocycles. The molecule has 1 heterocycles. The van der Waals surface area contributed by atoms with Crippen LogP contribution in [0.25, 0.3) is 0 Å². The number of rotatable bonds is 1. The maximum Gasteiger partial charge on any atom is 0.252 e. The van der Waals surface area contributed by atoms with Crippen molar-refractivity contribution in [3.8, 4) is 0 Å². The van der Waals surface area contributed by atoms with Crippen LogP contribution in [0.3, 0.4) is 0 Å². The summed E-state index contributed by atoms with van der Waals surface area (Å²) in [5, 5.41) is 2.85. The van der Waals surface area contributed by atoms with Crippen LogP contribution in [0.5, 0.6) is 0 Å². The van der Waals surface area contributed by atoms with Gasteiger partial charge < -0.3 is 5.32 Å². The molecule has 0 atom stereocenters. The molecule has 2 rings (SSSR count). The topological polar surface area (TPSA) is 29.1 Å². The van der Waals surface area contributed by atoms with Crippen LogP contribution in [0.4, 0.5) is 0 Å². The van der Waals surface area contributed by atoms with E-state index >= 15 is 0 Å². The molecule has 0 unspecified atom stereocenters. The van der Waals surface area contributed by atoms with Crippen LogP contribution >= 0.6 is 0 Å². The molecule has 2 heteroatoms. The summed E-state index contributed by atoms with van der Waals surface area (Å²) in [6.07, 6.45) is 0.933. The first kappa shape index (κ1) is 8.30. The first-order chi connectivity index (χ1) is 6.24. The Morgan fingerprint density at radius 1 is 1.46 bits per heavy atom. The molecule has 1 aliphatic rings. The van der Waals surface area contributed by atoms with E-state index in [0.29, 0.717) is 6.54 Å². The molecule has 2 nitrogen and oxygen atoms in total. The van der Waals surface area contributed by atoms with Crippen molar-refractivity contribution in [1.29, 1.82) is 0 Å². The largest absolute Gasteiger partial charge is 0.348 e. The van der Waals surface area contributed by atoms with Crippen LogP contribution in [0.2, 0.25) is 0 Å². The van der Waals surface area contributed by atoms with E-state index in [1.54, 1.807) is 0 Å². The zero-order valence-electron chi connectivity index (χ0n) is 7.98. The lowest BCUT2D eigenvalue weighted by molar-refractivity contribution is 0.0965. The van der Waals surface area contributed by atoms with E-state index in [-0.39, 0.29) is 5.91 Å². The van der Waals surface area contributed by atoms with Gasteiger partial charge in [0.05, 0.1) is 0 Å². The molecule has 1 aromatic carbocycles. The Morgan fingerprint density at radius 2 is 2.23 bits per heavy atom. The van der Waals surface area contributed by atoms with Crippen molar-refractivity contribution < 1.29 is 4.79 Å². The summed E-state index contributed by atoms with van der Waals surface area (Å²) in [7, 11) is 0. The van der Waals surface area contributed by atoms with Crippen molar-refractivity contribution in [3.05, 3.63) is 34.4 Å². The Balaban J connectivity index is 2.67. The van der Waals surface area contributed by atoms with Gasteiger partial charge in [0, 0.05) is 12.1 Å². The smallest absolute Gasteiger partial charge is 0.252 e. The molecular weight excluding hydrogens is 162 g/mol. The van der Waals surface area contributed by atoms with Crippen LogP contribution < -0.4 is 5.32 Å². The lowest BCUT2D eigenvalue weighted by atomic mass is 9.96. The molecule has 68 valence electrons. The number of aryl methyl sites for hydroxylation is 1. The first-order valence-electron chi connectivity index (χ1n) is 4.63. The lowest BCUT2D eigenvalue weighted by Crippen LogP contribution is -2.14. The normalized spacial score (nSPS) is 14.2. The van der Waals surface area contributed by atoms with Gasteiger partial charge in [-0.15, -0.1) is 0 Å². The van der Waals surface area contributed by atoms with E-state index in [2.05, 4.69) is 25.2 Å². The Kier molecular flexibility index (Phi) is 1.83. The summed E-state index contributed by atoms with van der Waals surface area (Å²) in [5.41, 5.74) is 4.49. The number of benzene rings is 1. The predicted octanol–water partition coefficient (Wildman–Crippen LogP) is 1.80. The lowest BCUT2D eigenvalue weighted by Gasteiger charge is -2.07. The molecular formula is C11H13NO. The highest BCUT2D eigenvalue weighted by Crippen LogP contribution is 2.23. The minimum Gasteiger partial charge on any atom is -0.348 e. The molecule has 0 spiro atoms.